The van der Waals surface area contributed by atoms with Crippen molar-refractivity contribution in [2.24, 2.45) is 10.9 Å². The second-order valence-electron chi connectivity index (χ2n) is 7.64. The molecule has 0 aromatic carbocycles. The monoisotopic (exact) mass is 381 g/mol. The molecule has 0 aromatic rings. The van der Waals surface area contributed by atoms with Gasteiger partial charge in [-0.25, -0.2) is 4.79 Å². The summed E-state index contributed by atoms with van der Waals surface area (Å²) in [5.74, 6) is 1.88. The lowest BCUT2D eigenvalue weighted by atomic mass is 9.99. The van der Waals surface area contributed by atoms with Crippen molar-refractivity contribution < 1.29 is 9.53 Å². The summed E-state index contributed by atoms with van der Waals surface area (Å²) in [5.41, 5.74) is 0. The third-order valence-electron chi connectivity index (χ3n) is 5.46. The number of piperazine rings is 1. The Kier molecular flexibility index (Phi) is 9.73. The van der Waals surface area contributed by atoms with E-state index in [-0.39, 0.29) is 6.09 Å². The molecular formula is C20H39N5O2. The average Bonchev–Trinajstić information content (AvgIpc) is 2.68. The topological polar surface area (TPSA) is 60.4 Å². The van der Waals surface area contributed by atoms with Gasteiger partial charge in [0.25, 0.3) is 0 Å². The van der Waals surface area contributed by atoms with Crippen LogP contribution in [0.4, 0.5) is 4.79 Å². The number of rotatable bonds is 7. The van der Waals surface area contributed by atoms with Crippen LogP contribution in [-0.2, 0) is 4.74 Å². The number of amides is 1. The van der Waals surface area contributed by atoms with Gasteiger partial charge in [0.15, 0.2) is 5.96 Å². The summed E-state index contributed by atoms with van der Waals surface area (Å²) < 4.78 is 5.09. The fourth-order valence-corrected chi connectivity index (χ4v) is 3.66. The standard InChI is InChI=1S/C20H39N5O2/c1-4-21-19(24-14-16-25(17-15-24)20(26)27-5-2)22-10-6-7-11-23-12-8-18(3)9-13-23/h18H,4-17H2,1-3H3,(H,21,22). The maximum absolute atomic E-state index is 11.8. The van der Waals surface area contributed by atoms with Gasteiger partial charge in [0.05, 0.1) is 6.61 Å². The predicted molar refractivity (Wildman–Crippen MR) is 110 cm³/mol. The molecule has 0 atom stereocenters. The van der Waals surface area contributed by atoms with Gasteiger partial charge in [0.1, 0.15) is 0 Å². The lowest BCUT2D eigenvalue weighted by Gasteiger charge is -2.35. The number of hydrogen-bond acceptors (Lipinski definition) is 4. The van der Waals surface area contributed by atoms with E-state index in [1.807, 2.05) is 6.92 Å². The highest BCUT2D eigenvalue weighted by molar-refractivity contribution is 5.80. The van der Waals surface area contributed by atoms with Gasteiger partial charge >= 0.3 is 6.09 Å². The SMILES string of the molecule is CCNC(=NCCCCN1CCC(C)CC1)N1CCN(C(=O)OCC)CC1. The van der Waals surface area contributed by atoms with E-state index in [9.17, 15) is 4.79 Å². The summed E-state index contributed by atoms with van der Waals surface area (Å²) in [7, 11) is 0. The molecule has 2 aliphatic heterocycles. The Morgan fingerprint density at radius 1 is 1.04 bits per heavy atom. The van der Waals surface area contributed by atoms with E-state index in [0.29, 0.717) is 19.7 Å². The summed E-state index contributed by atoms with van der Waals surface area (Å²) in [6.45, 7) is 15.2. The van der Waals surface area contributed by atoms with Crippen LogP contribution in [0.2, 0.25) is 0 Å². The van der Waals surface area contributed by atoms with Crippen molar-refractivity contribution in [2.75, 3.05) is 65.5 Å². The van der Waals surface area contributed by atoms with Crippen molar-refractivity contribution in [2.45, 2.75) is 46.5 Å². The van der Waals surface area contributed by atoms with Crippen LogP contribution in [0, 0.1) is 5.92 Å². The first-order valence-corrected chi connectivity index (χ1v) is 10.8. The summed E-state index contributed by atoms with van der Waals surface area (Å²) in [6, 6.07) is 0. The molecule has 0 bridgehead atoms. The first kappa shape index (κ1) is 21.8. The summed E-state index contributed by atoms with van der Waals surface area (Å²) in [6.07, 6.45) is 4.84. The quantitative estimate of drug-likeness (QED) is 0.416. The van der Waals surface area contributed by atoms with Crippen LogP contribution in [0.25, 0.3) is 0 Å². The normalized spacial score (nSPS) is 20.0. The lowest BCUT2D eigenvalue weighted by Crippen LogP contribution is -2.53. The minimum atomic E-state index is -0.203. The number of likely N-dealkylation sites (tertiary alicyclic amines) is 1. The molecule has 0 saturated carbocycles. The minimum Gasteiger partial charge on any atom is -0.450 e. The van der Waals surface area contributed by atoms with E-state index in [1.165, 1.54) is 38.9 Å². The summed E-state index contributed by atoms with van der Waals surface area (Å²) in [4.78, 5) is 23.3. The van der Waals surface area contributed by atoms with Crippen LogP contribution < -0.4 is 5.32 Å². The van der Waals surface area contributed by atoms with Gasteiger partial charge < -0.3 is 24.8 Å². The highest BCUT2D eigenvalue weighted by atomic mass is 16.6. The number of piperidine rings is 1. The Bertz CT molecular complexity index is 455. The second kappa shape index (κ2) is 12.1. The molecule has 2 aliphatic rings. The molecule has 0 aliphatic carbocycles. The molecule has 2 heterocycles. The van der Waals surface area contributed by atoms with Gasteiger partial charge in [0, 0.05) is 39.3 Å². The second-order valence-corrected chi connectivity index (χ2v) is 7.64. The molecule has 2 fully saturated rings. The van der Waals surface area contributed by atoms with E-state index in [2.05, 4.69) is 29.0 Å². The fraction of sp³-hybridized carbons (Fsp3) is 0.900. The maximum atomic E-state index is 11.8. The summed E-state index contributed by atoms with van der Waals surface area (Å²) in [5, 5.41) is 3.40. The zero-order chi connectivity index (χ0) is 19.5. The minimum absolute atomic E-state index is 0.203. The Hall–Kier alpha value is -1.50. The van der Waals surface area contributed by atoms with E-state index in [0.717, 1.165) is 44.5 Å². The maximum Gasteiger partial charge on any atom is 0.409 e. The molecule has 0 spiro atoms. The number of aliphatic imine (C=N–C) groups is 1. The molecule has 0 unspecified atom stereocenters. The number of guanidine groups is 1. The zero-order valence-electron chi connectivity index (χ0n) is 17.6. The Morgan fingerprint density at radius 2 is 1.70 bits per heavy atom. The largest absolute Gasteiger partial charge is 0.450 e. The molecule has 2 saturated heterocycles. The number of unbranched alkanes of at least 4 members (excludes halogenated alkanes) is 1. The first-order chi connectivity index (χ1) is 13.1. The van der Waals surface area contributed by atoms with E-state index in [4.69, 9.17) is 9.73 Å². The third kappa shape index (κ3) is 7.56. The van der Waals surface area contributed by atoms with Crippen LogP contribution >= 0.6 is 0 Å². The number of ether oxygens (including phenoxy) is 1. The lowest BCUT2D eigenvalue weighted by molar-refractivity contribution is 0.0914. The molecule has 0 radical (unpaired) electrons. The molecule has 0 aromatic heterocycles. The van der Waals surface area contributed by atoms with Crippen LogP contribution in [0.1, 0.15) is 46.5 Å². The van der Waals surface area contributed by atoms with Gasteiger partial charge in [-0.3, -0.25) is 4.99 Å². The van der Waals surface area contributed by atoms with Crippen molar-refractivity contribution in [3.63, 3.8) is 0 Å². The number of nitrogens with zero attached hydrogens (tertiary/aromatic N) is 4. The fourth-order valence-electron chi connectivity index (χ4n) is 3.66. The smallest absolute Gasteiger partial charge is 0.409 e. The van der Waals surface area contributed by atoms with Crippen molar-refractivity contribution in [1.82, 2.24) is 20.0 Å². The molecular weight excluding hydrogens is 342 g/mol. The number of carbonyl (C=O) groups excluding carboxylic acids is 1. The highest BCUT2D eigenvalue weighted by Crippen LogP contribution is 2.16. The molecule has 1 amide bonds. The van der Waals surface area contributed by atoms with Crippen molar-refractivity contribution in [3.8, 4) is 0 Å². The van der Waals surface area contributed by atoms with Crippen LogP contribution in [0.5, 0.6) is 0 Å². The van der Waals surface area contributed by atoms with Gasteiger partial charge in [-0.1, -0.05) is 6.92 Å². The van der Waals surface area contributed by atoms with E-state index < -0.39 is 0 Å². The van der Waals surface area contributed by atoms with Crippen molar-refractivity contribution in [3.05, 3.63) is 0 Å². The molecule has 2 rings (SSSR count). The molecule has 7 nitrogen and oxygen atoms in total. The number of nitrogens with one attached hydrogen (secondary N) is 1. The van der Waals surface area contributed by atoms with Crippen LogP contribution in [0.15, 0.2) is 4.99 Å². The number of carbonyl (C=O) groups is 1. The Balaban J connectivity index is 1.68. The van der Waals surface area contributed by atoms with Crippen LogP contribution in [0.3, 0.4) is 0 Å². The predicted octanol–water partition coefficient (Wildman–Crippen LogP) is 2.24. The molecule has 1 N–H and O–H groups in total. The van der Waals surface area contributed by atoms with Crippen LogP contribution in [-0.4, -0.2) is 92.3 Å². The van der Waals surface area contributed by atoms with E-state index >= 15 is 0 Å². The molecule has 156 valence electrons. The van der Waals surface area contributed by atoms with Gasteiger partial charge in [-0.05, 0) is 65.1 Å². The van der Waals surface area contributed by atoms with Gasteiger partial charge in [-0.15, -0.1) is 0 Å². The van der Waals surface area contributed by atoms with Gasteiger partial charge in [0.2, 0.25) is 0 Å². The Labute approximate surface area is 165 Å². The highest BCUT2D eigenvalue weighted by Gasteiger charge is 2.23. The average molecular weight is 382 g/mol. The summed E-state index contributed by atoms with van der Waals surface area (Å²) >= 11 is 0. The first-order valence-electron chi connectivity index (χ1n) is 10.8. The van der Waals surface area contributed by atoms with E-state index in [1.54, 1.807) is 4.90 Å². The number of hydrogen-bond donors (Lipinski definition) is 1. The zero-order valence-corrected chi connectivity index (χ0v) is 17.6. The van der Waals surface area contributed by atoms with Gasteiger partial charge in [-0.2, -0.15) is 0 Å². The Morgan fingerprint density at radius 3 is 2.33 bits per heavy atom. The molecule has 27 heavy (non-hydrogen) atoms. The van der Waals surface area contributed by atoms with Crippen molar-refractivity contribution >= 4 is 12.1 Å². The van der Waals surface area contributed by atoms with Crippen molar-refractivity contribution in [1.29, 1.82) is 0 Å². The molecule has 7 heteroatoms. The third-order valence-corrected chi connectivity index (χ3v) is 5.46.